The second-order valence-corrected chi connectivity index (χ2v) is 2.57. The summed E-state index contributed by atoms with van der Waals surface area (Å²) in [7, 11) is 0. The first-order valence-corrected chi connectivity index (χ1v) is 3.35. The van der Waals surface area contributed by atoms with E-state index in [1.165, 1.54) is 5.56 Å². The van der Waals surface area contributed by atoms with Gasteiger partial charge in [0, 0.05) is 0 Å². The molecule has 0 atom stereocenters. The smallest absolute Gasteiger partial charge is 0.0622 e. The Morgan fingerprint density at radius 1 is 1.00 bits per heavy atom. The molecule has 10 heavy (non-hydrogen) atoms. The van der Waals surface area contributed by atoms with Gasteiger partial charge in [-0.15, -0.1) is 0 Å². The van der Waals surface area contributed by atoms with Crippen molar-refractivity contribution >= 4 is 0 Å². The van der Waals surface area contributed by atoms with E-state index in [9.17, 15) is 0 Å². The Kier molecular flexibility index (Phi) is 5.97. The van der Waals surface area contributed by atoms with Crippen molar-refractivity contribution in [1.29, 1.82) is 0 Å². The van der Waals surface area contributed by atoms with Gasteiger partial charge < -0.3 is 0 Å². The molecule has 1 heteroatoms. The van der Waals surface area contributed by atoms with Crippen molar-refractivity contribution in [3.63, 3.8) is 0 Å². The molecule has 0 bridgehead atoms. The van der Waals surface area contributed by atoms with Crippen LogP contribution in [0.5, 0.6) is 0 Å². The van der Waals surface area contributed by atoms with Crippen molar-refractivity contribution in [3.8, 4) is 0 Å². The maximum Gasteiger partial charge on any atom is 1.00 e. The van der Waals surface area contributed by atoms with E-state index >= 15 is 0 Å². The summed E-state index contributed by atoms with van der Waals surface area (Å²) in [5.74, 6) is 0.659. The van der Waals surface area contributed by atoms with E-state index < -0.39 is 0 Å². The molecule has 0 heterocycles. The van der Waals surface area contributed by atoms with E-state index in [1.54, 1.807) is 0 Å². The minimum atomic E-state index is 0. The van der Waals surface area contributed by atoms with Crippen LogP contribution in [0.25, 0.3) is 0 Å². The molecule has 0 spiro atoms. The Labute approximate surface area is 105 Å². The minimum absolute atomic E-state index is 0. The minimum Gasteiger partial charge on any atom is -0.0622 e. The van der Waals surface area contributed by atoms with Gasteiger partial charge in [0.05, 0.1) is 0 Å². The Balaban J connectivity index is 0.000000810. The second kappa shape index (κ2) is 5.50. The first kappa shape index (κ1) is 10.9. The zero-order valence-electron chi connectivity index (χ0n) is 6.96. The number of rotatable bonds is 1. The summed E-state index contributed by atoms with van der Waals surface area (Å²) in [4.78, 5) is 0. The average molecular weight is 159 g/mol. The standard InChI is InChI=1S/C9H12.K/c1-8(2)9-6-4-3-5-7-9;/h3-8H,1-2H3;/q;+1. The van der Waals surface area contributed by atoms with Crippen LogP contribution < -0.4 is 51.4 Å². The maximum atomic E-state index is 2.20. The summed E-state index contributed by atoms with van der Waals surface area (Å²) in [6.45, 7) is 4.41. The molecule has 0 nitrogen and oxygen atoms in total. The van der Waals surface area contributed by atoms with Crippen LogP contribution in [0.3, 0.4) is 0 Å². The Morgan fingerprint density at radius 2 is 1.50 bits per heavy atom. The van der Waals surface area contributed by atoms with Crippen molar-refractivity contribution in [2.24, 2.45) is 0 Å². The molecule has 0 aliphatic carbocycles. The quantitative estimate of drug-likeness (QED) is 0.498. The van der Waals surface area contributed by atoms with Gasteiger partial charge in [0.2, 0.25) is 0 Å². The van der Waals surface area contributed by atoms with Crippen molar-refractivity contribution < 1.29 is 51.4 Å². The summed E-state index contributed by atoms with van der Waals surface area (Å²) < 4.78 is 0. The largest absolute Gasteiger partial charge is 1.00 e. The monoisotopic (exact) mass is 159 g/mol. The predicted octanol–water partition coefficient (Wildman–Crippen LogP) is -0.186. The van der Waals surface area contributed by atoms with Gasteiger partial charge in [-0.2, -0.15) is 0 Å². The number of hydrogen-bond acceptors (Lipinski definition) is 0. The third-order valence-electron chi connectivity index (χ3n) is 1.47. The first-order chi connectivity index (χ1) is 4.30. The molecular formula is C9H12K+. The van der Waals surface area contributed by atoms with Crippen molar-refractivity contribution in [1.82, 2.24) is 0 Å². The van der Waals surface area contributed by atoms with E-state index in [0.29, 0.717) is 5.92 Å². The predicted molar refractivity (Wildman–Crippen MR) is 40.5 cm³/mol. The molecule has 1 aromatic carbocycles. The van der Waals surface area contributed by atoms with E-state index in [2.05, 4.69) is 38.1 Å². The van der Waals surface area contributed by atoms with Crippen LogP contribution in [-0.4, -0.2) is 0 Å². The van der Waals surface area contributed by atoms with Crippen molar-refractivity contribution in [3.05, 3.63) is 35.9 Å². The molecule has 0 fully saturated rings. The normalized spacial score (nSPS) is 9.10. The Morgan fingerprint density at radius 3 is 1.80 bits per heavy atom. The SMILES string of the molecule is CC(C)c1ccccc1.[K+]. The third-order valence-corrected chi connectivity index (χ3v) is 1.47. The zero-order chi connectivity index (χ0) is 6.69. The van der Waals surface area contributed by atoms with Crippen LogP contribution in [0, 0.1) is 0 Å². The molecule has 0 aliphatic heterocycles. The molecule has 0 radical (unpaired) electrons. The fourth-order valence-corrected chi connectivity index (χ4v) is 0.838. The first-order valence-electron chi connectivity index (χ1n) is 3.35. The fraction of sp³-hybridized carbons (Fsp3) is 0.333. The van der Waals surface area contributed by atoms with Crippen LogP contribution in [0.4, 0.5) is 0 Å². The molecule has 0 aliphatic rings. The molecule has 0 saturated heterocycles. The van der Waals surface area contributed by atoms with Gasteiger partial charge in [0.15, 0.2) is 0 Å². The van der Waals surface area contributed by atoms with Crippen molar-refractivity contribution in [2.45, 2.75) is 19.8 Å². The summed E-state index contributed by atoms with van der Waals surface area (Å²) in [5.41, 5.74) is 1.41. The zero-order valence-corrected chi connectivity index (χ0v) is 10.1. The van der Waals surface area contributed by atoms with Crippen LogP contribution in [0.1, 0.15) is 25.3 Å². The molecule has 0 N–H and O–H groups in total. The van der Waals surface area contributed by atoms with Gasteiger partial charge in [-0.25, -0.2) is 0 Å². The van der Waals surface area contributed by atoms with E-state index in [0.717, 1.165) is 0 Å². The molecule has 1 aromatic rings. The van der Waals surface area contributed by atoms with Gasteiger partial charge >= 0.3 is 51.4 Å². The van der Waals surface area contributed by atoms with Gasteiger partial charge in [0.1, 0.15) is 0 Å². The molecular weight excluding hydrogens is 147 g/mol. The average Bonchev–Trinajstić information content (AvgIpc) is 1.90. The Bertz CT molecular complexity index is 167. The molecule has 0 amide bonds. The van der Waals surface area contributed by atoms with E-state index in [4.69, 9.17) is 0 Å². The van der Waals surface area contributed by atoms with Gasteiger partial charge in [-0.1, -0.05) is 44.2 Å². The molecule has 1 rings (SSSR count). The summed E-state index contributed by atoms with van der Waals surface area (Å²) in [6, 6.07) is 10.5. The van der Waals surface area contributed by atoms with Crippen LogP contribution in [-0.2, 0) is 0 Å². The molecule has 0 aromatic heterocycles. The van der Waals surface area contributed by atoms with Crippen LogP contribution in [0.15, 0.2) is 30.3 Å². The van der Waals surface area contributed by atoms with Gasteiger partial charge in [0.25, 0.3) is 0 Å². The van der Waals surface area contributed by atoms with Gasteiger partial charge in [-0.05, 0) is 11.5 Å². The summed E-state index contributed by atoms with van der Waals surface area (Å²) in [5, 5.41) is 0. The Hall–Kier alpha value is 0.856. The van der Waals surface area contributed by atoms with Crippen LogP contribution >= 0.6 is 0 Å². The van der Waals surface area contributed by atoms with E-state index in [1.807, 2.05) is 6.07 Å². The molecule has 0 saturated carbocycles. The van der Waals surface area contributed by atoms with Crippen molar-refractivity contribution in [2.75, 3.05) is 0 Å². The molecule has 0 unspecified atom stereocenters. The summed E-state index contributed by atoms with van der Waals surface area (Å²) >= 11 is 0. The van der Waals surface area contributed by atoms with E-state index in [-0.39, 0.29) is 51.4 Å². The number of benzene rings is 1. The second-order valence-electron chi connectivity index (χ2n) is 2.57. The molecule has 48 valence electrons. The van der Waals surface area contributed by atoms with Crippen LogP contribution in [0.2, 0.25) is 0 Å². The topological polar surface area (TPSA) is 0 Å². The fourth-order valence-electron chi connectivity index (χ4n) is 0.838. The third kappa shape index (κ3) is 3.31. The van der Waals surface area contributed by atoms with Gasteiger partial charge in [-0.3, -0.25) is 0 Å². The maximum absolute atomic E-state index is 2.20. The number of hydrogen-bond donors (Lipinski definition) is 0. The summed E-state index contributed by atoms with van der Waals surface area (Å²) in [6.07, 6.45) is 0.